The normalized spacial score (nSPS) is 15.1. The molecule has 0 bridgehead atoms. The number of nitrogens with one attached hydrogen (secondary N) is 1. The molecule has 2 aromatic rings. The van der Waals surface area contributed by atoms with Gasteiger partial charge in [0.25, 0.3) is 0 Å². The molecule has 1 aliphatic rings. The average Bonchev–Trinajstić information content (AvgIpc) is 2.80. The van der Waals surface area contributed by atoms with Crippen molar-refractivity contribution in [1.29, 1.82) is 0 Å². The van der Waals surface area contributed by atoms with E-state index in [2.05, 4.69) is 37.4 Å². The van der Waals surface area contributed by atoms with E-state index in [4.69, 9.17) is 0 Å². The van der Waals surface area contributed by atoms with Crippen molar-refractivity contribution in [2.75, 3.05) is 5.75 Å². The highest BCUT2D eigenvalue weighted by molar-refractivity contribution is 7.99. The van der Waals surface area contributed by atoms with Crippen LogP contribution in [-0.4, -0.2) is 34.6 Å². The number of rotatable bonds is 10. The van der Waals surface area contributed by atoms with Gasteiger partial charge >= 0.3 is 0 Å². The predicted octanol–water partition coefficient (Wildman–Crippen LogP) is 5.93. The van der Waals surface area contributed by atoms with Gasteiger partial charge < -0.3 is 10.2 Å². The van der Waals surface area contributed by atoms with Crippen molar-refractivity contribution < 1.29 is 14.0 Å². The van der Waals surface area contributed by atoms with Gasteiger partial charge in [0, 0.05) is 18.3 Å². The number of nitrogens with zero attached hydrogens (tertiary/aromatic N) is 1. The number of carbonyl (C=O) groups excluding carboxylic acids is 2. The van der Waals surface area contributed by atoms with E-state index in [9.17, 15) is 14.0 Å². The highest BCUT2D eigenvalue weighted by atomic mass is 32.2. The van der Waals surface area contributed by atoms with Crippen LogP contribution in [-0.2, 0) is 21.9 Å². The Morgan fingerprint density at radius 3 is 2.29 bits per heavy atom. The highest BCUT2D eigenvalue weighted by Crippen LogP contribution is 2.21. The van der Waals surface area contributed by atoms with Gasteiger partial charge in [0.2, 0.25) is 11.8 Å². The summed E-state index contributed by atoms with van der Waals surface area (Å²) in [6.45, 7) is 6.39. The van der Waals surface area contributed by atoms with Crippen molar-refractivity contribution in [3.05, 3.63) is 70.5 Å². The van der Waals surface area contributed by atoms with Gasteiger partial charge in [-0.05, 0) is 56.4 Å². The fraction of sp³-hybridized carbons (Fsp3) is 0.500. The van der Waals surface area contributed by atoms with Gasteiger partial charge in [0.15, 0.2) is 0 Å². The van der Waals surface area contributed by atoms with Crippen LogP contribution in [0.15, 0.2) is 42.5 Å². The SMILES string of the molecule is CC[C@H](C(=O)NC1CCCCC1)N(Cc1ccc(F)cc1)C(=O)CSCc1cc(C)cc(C)c1. The molecule has 0 heterocycles. The summed E-state index contributed by atoms with van der Waals surface area (Å²) >= 11 is 1.57. The Kier molecular flexibility index (Phi) is 10.00. The Labute approximate surface area is 207 Å². The summed E-state index contributed by atoms with van der Waals surface area (Å²) < 4.78 is 13.4. The number of hydrogen-bond donors (Lipinski definition) is 1. The molecule has 0 spiro atoms. The van der Waals surface area contributed by atoms with Crippen LogP contribution in [0.25, 0.3) is 0 Å². The van der Waals surface area contributed by atoms with E-state index in [0.29, 0.717) is 18.7 Å². The van der Waals surface area contributed by atoms with Gasteiger partial charge in [0.1, 0.15) is 11.9 Å². The van der Waals surface area contributed by atoms with Crippen LogP contribution < -0.4 is 5.32 Å². The second kappa shape index (κ2) is 12.9. The van der Waals surface area contributed by atoms with Crippen LogP contribution >= 0.6 is 11.8 Å². The van der Waals surface area contributed by atoms with Gasteiger partial charge in [0.05, 0.1) is 5.75 Å². The Morgan fingerprint density at radius 2 is 1.68 bits per heavy atom. The molecular weight excluding hydrogens is 447 g/mol. The van der Waals surface area contributed by atoms with E-state index >= 15 is 0 Å². The summed E-state index contributed by atoms with van der Waals surface area (Å²) in [6, 6.07) is 12.2. The largest absolute Gasteiger partial charge is 0.352 e. The minimum Gasteiger partial charge on any atom is -0.352 e. The molecule has 184 valence electrons. The molecule has 1 saturated carbocycles. The van der Waals surface area contributed by atoms with E-state index < -0.39 is 6.04 Å². The molecule has 1 fully saturated rings. The minimum absolute atomic E-state index is 0.0654. The van der Waals surface area contributed by atoms with E-state index in [0.717, 1.165) is 37.0 Å². The molecule has 1 aliphatic carbocycles. The molecule has 0 aliphatic heterocycles. The fourth-order valence-electron chi connectivity index (χ4n) is 4.74. The van der Waals surface area contributed by atoms with Gasteiger partial charge in [-0.25, -0.2) is 4.39 Å². The molecule has 0 aromatic heterocycles. The summed E-state index contributed by atoms with van der Waals surface area (Å²) in [5.41, 5.74) is 4.44. The molecule has 3 rings (SSSR count). The molecular formula is C28H37FN2O2S. The average molecular weight is 485 g/mol. The molecule has 1 atom stereocenters. The van der Waals surface area contributed by atoms with E-state index in [1.807, 2.05) is 6.92 Å². The summed E-state index contributed by atoms with van der Waals surface area (Å²) in [4.78, 5) is 28.3. The lowest BCUT2D eigenvalue weighted by Gasteiger charge is -2.32. The van der Waals surface area contributed by atoms with Crippen molar-refractivity contribution in [2.24, 2.45) is 0 Å². The topological polar surface area (TPSA) is 49.4 Å². The fourth-order valence-corrected chi connectivity index (χ4v) is 5.59. The first kappa shape index (κ1) is 26.3. The Bertz CT molecular complexity index is 937. The standard InChI is InChI=1S/C28H37FN2O2S/c1-4-26(28(33)30-25-8-6-5-7-9-25)31(17-22-10-12-24(29)13-11-22)27(32)19-34-18-23-15-20(2)14-21(3)16-23/h10-16,25-26H,4-9,17-19H2,1-3H3,(H,30,33)/t26-/m1/s1. The number of benzene rings is 2. The van der Waals surface area contributed by atoms with Crippen molar-refractivity contribution in [3.63, 3.8) is 0 Å². The van der Waals surface area contributed by atoms with Crippen molar-refractivity contribution in [1.82, 2.24) is 10.2 Å². The third kappa shape index (κ3) is 7.86. The summed E-state index contributed by atoms with van der Waals surface area (Å²) in [7, 11) is 0. The molecule has 2 aromatic carbocycles. The molecule has 6 heteroatoms. The van der Waals surface area contributed by atoms with Crippen LogP contribution in [0.4, 0.5) is 4.39 Å². The molecule has 1 N–H and O–H groups in total. The molecule has 34 heavy (non-hydrogen) atoms. The number of aryl methyl sites for hydroxylation is 2. The first-order valence-corrected chi connectivity index (χ1v) is 13.5. The zero-order valence-corrected chi connectivity index (χ0v) is 21.4. The summed E-state index contributed by atoms with van der Waals surface area (Å²) in [6.07, 6.45) is 6.02. The highest BCUT2D eigenvalue weighted by Gasteiger charge is 2.30. The lowest BCUT2D eigenvalue weighted by molar-refractivity contribution is -0.139. The van der Waals surface area contributed by atoms with E-state index in [-0.39, 0.29) is 23.7 Å². The Morgan fingerprint density at radius 1 is 1.03 bits per heavy atom. The number of thioether (sulfide) groups is 1. The Hall–Kier alpha value is -2.34. The first-order valence-electron chi connectivity index (χ1n) is 12.3. The number of hydrogen-bond acceptors (Lipinski definition) is 3. The third-order valence-corrected chi connectivity index (χ3v) is 7.37. The quantitative estimate of drug-likeness (QED) is 0.455. The number of halogens is 1. The van der Waals surface area contributed by atoms with Gasteiger partial charge in [-0.2, -0.15) is 0 Å². The number of carbonyl (C=O) groups is 2. The van der Waals surface area contributed by atoms with Gasteiger partial charge in [-0.15, -0.1) is 11.8 Å². The minimum atomic E-state index is -0.540. The lowest BCUT2D eigenvalue weighted by Crippen LogP contribution is -2.52. The van der Waals surface area contributed by atoms with Crippen LogP contribution in [0, 0.1) is 19.7 Å². The third-order valence-electron chi connectivity index (χ3n) is 6.38. The molecule has 4 nitrogen and oxygen atoms in total. The molecule has 2 amide bonds. The van der Waals surface area contributed by atoms with Crippen molar-refractivity contribution in [2.45, 2.75) is 83.7 Å². The van der Waals surface area contributed by atoms with Gasteiger partial charge in [-0.1, -0.05) is 67.6 Å². The maximum absolute atomic E-state index is 13.4. The predicted molar refractivity (Wildman–Crippen MR) is 138 cm³/mol. The maximum Gasteiger partial charge on any atom is 0.243 e. The van der Waals surface area contributed by atoms with Crippen LogP contribution in [0.1, 0.15) is 67.7 Å². The summed E-state index contributed by atoms with van der Waals surface area (Å²) in [5, 5.41) is 3.19. The Balaban J connectivity index is 1.70. The number of amides is 2. The monoisotopic (exact) mass is 484 g/mol. The molecule has 0 saturated heterocycles. The summed E-state index contributed by atoms with van der Waals surface area (Å²) in [5.74, 6) is 0.576. The van der Waals surface area contributed by atoms with Crippen molar-refractivity contribution in [3.8, 4) is 0 Å². The zero-order chi connectivity index (χ0) is 24.5. The second-order valence-corrected chi connectivity index (χ2v) is 10.4. The second-order valence-electron chi connectivity index (χ2n) is 9.40. The molecule has 0 unspecified atom stereocenters. The zero-order valence-electron chi connectivity index (χ0n) is 20.6. The molecule has 0 radical (unpaired) electrons. The van der Waals surface area contributed by atoms with E-state index in [1.54, 1.807) is 28.8 Å². The van der Waals surface area contributed by atoms with Crippen molar-refractivity contribution >= 4 is 23.6 Å². The maximum atomic E-state index is 13.4. The van der Waals surface area contributed by atoms with Crippen LogP contribution in [0.2, 0.25) is 0 Å². The van der Waals surface area contributed by atoms with Crippen LogP contribution in [0.5, 0.6) is 0 Å². The van der Waals surface area contributed by atoms with Gasteiger partial charge in [-0.3, -0.25) is 9.59 Å². The van der Waals surface area contributed by atoms with Crippen LogP contribution in [0.3, 0.4) is 0 Å². The van der Waals surface area contributed by atoms with E-state index in [1.165, 1.54) is 35.2 Å². The lowest BCUT2D eigenvalue weighted by atomic mass is 9.95. The first-order chi connectivity index (χ1) is 16.4. The smallest absolute Gasteiger partial charge is 0.243 e.